The number of unbranched alkanes of at least 4 members (excludes halogenated alkanes) is 1. The van der Waals surface area contributed by atoms with E-state index in [1.54, 1.807) is 0 Å². The minimum absolute atomic E-state index is 0.765. The molecule has 0 aromatic rings. The van der Waals surface area contributed by atoms with Crippen LogP contribution in [-0.4, -0.2) is 26.4 Å². The molecule has 0 aliphatic carbocycles. The fraction of sp³-hybridized carbons (Fsp3) is 0.889. The SMILES string of the molecule is CCCOC[CH]CCOCC. The lowest BCUT2D eigenvalue weighted by Gasteiger charge is -2.01. The Kier molecular flexibility index (Phi) is 9.85. The van der Waals surface area contributed by atoms with Crippen molar-refractivity contribution in [3.63, 3.8) is 0 Å². The van der Waals surface area contributed by atoms with Gasteiger partial charge in [0.25, 0.3) is 0 Å². The highest BCUT2D eigenvalue weighted by Crippen LogP contribution is 1.90. The lowest BCUT2D eigenvalue weighted by atomic mass is 10.3. The molecule has 0 N–H and O–H groups in total. The molecule has 0 amide bonds. The van der Waals surface area contributed by atoms with Crippen LogP contribution in [0.25, 0.3) is 0 Å². The Bertz CT molecular complexity index is 56.6. The van der Waals surface area contributed by atoms with Crippen molar-refractivity contribution in [2.75, 3.05) is 26.4 Å². The zero-order valence-electron chi connectivity index (χ0n) is 7.64. The highest BCUT2D eigenvalue weighted by Gasteiger charge is 1.88. The second-order valence-electron chi connectivity index (χ2n) is 2.35. The molecule has 67 valence electrons. The number of hydrogen-bond acceptors (Lipinski definition) is 2. The van der Waals surface area contributed by atoms with Crippen molar-refractivity contribution in [3.05, 3.63) is 6.42 Å². The van der Waals surface area contributed by atoms with Crippen molar-refractivity contribution in [1.82, 2.24) is 0 Å². The molecular weight excluding hydrogens is 140 g/mol. The molecule has 0 rings (SSSR count). The van der Waals surface area contributed by atoms with E-state index in [9.17, 15) is 0 Å². The molecule has 11 heavy (non-hydrogen) atoms. The van der Waals surface area contributed by atoms with Crippen LogP contribution in [0.15, 0.2) is 0 Å². The molecule has 0 atom stereocenters. The quantitative estimate of drug-likeness (QED) is 0.505. The van der Waals surface area contributed by atoms with Gasteiger partial charge in [-0.2, -0.15) is 0 Å². The maximum atomic E-state index is 5.25. The Morgan fingerprint density at radius 1 is 1.09 bits per heavy atom. The van der Waals surface area contributed by atoms with Crippen molar-refractivity contribution in [2.45, 2.75) is 26.7 Å². The zero-order valence-corrected chi connectivity index (χ0v) is 7.64. The van der Waals surface area contributed by atoms with Crippen LogP contribution < -0.4 is 0 Å². The van der Waals surface area contributed by atoms with Crippen LogP contribution in [0.5, 0.6) is 0 Å². The zero-order chi connectivity index (χ0) is 8.36. The standard InChI is InChI=1S/C9H19O2/c1-3-7-11-9-6-5-8-10-4-2/h6H,3-5,7-9H2,1-2H3. The van der Waals surface area contributed by atoms with Crippen LogP contribution in [0, 0.1) is 6.42 Å². The lowest BCUT2D eigenvalue weighted by Crippen LogP contribution is -1.99. The molecular formula is C9H19O2. The molecule has 0 saturated carbocycles. The topological polar surface area (TPSA) is 18.5 Å². The van der Waals surface area contributed by atoms with Gasteiger partial charge in [0.05, 0.1) is 0 Å². The summed E-state index contributed by atoms with van der Waals surface area (Å²) in [6.07, 6.45) is 4.21. The molecule has 0 aromatic carbocycles. The first-order chi connectivity index (χ1) is 5.41. The molecule has 0 aromatic heterocycles. The minimum atomic E-state index is 0.765. The Morgan fingerprint density at radius 2 is 1.91 bits per heavy atom. The molecule has 1 radical (unpaired) electrons. The third-order valence-corrected chi connectivity index (χ3v) is 1.25. The fourth-order valence-corrected chi connectivity index (χ4v) is 0.705. The number of rotatable bonds is 8. The summed E-state index contributed by atoms with van der Waals surface area (Å²) in [5, 5.41) is 0. The van der Waals surface area contributed by atoms with Crippen LogP contribution in [-0.2, 0) is 9.47 Å². The summed E-state index contributed by atoms with van der Waals surface area (Å²) in [7, 11) is 0. The van der Waals surface area contributed by atoms with E-state index >= 15 is 0 Å². The van der Waals surface area contributed by atoms with E-state index in [2.05, 4.69) is 13.3 Å². The van der Waals surface area contributed by atoms with E-state index < -0.39 is 0 Å². The van der Waals surface area contributed by atoms with E-state index in [0.717, 1.165) is 39.3 Å². The largest absolute Gasteiger partial charge is 0.382 e. The summed E-state index contributed by atoms with van der Waals surface area (Å²) < 4.78 is 10.4. The van der Waals surface area contributed by atoms with Gasteiger partial charge in [0.1, 0.15) is 0 Å². The molecule has 2 heteroatoms. The fourth-order valence-electron chi connectivity index (χ4n) is 0.705. The second kappa shape index (κ2) is 9.92. The van der Waals surface area contributed by atoms with Crippen LogP contribution in [0.4, 0.5) is 0 Å². The molecule has 0 aliphatic rings. The van der Waals surface area contributed by atoms with Crippen molar-refractivity contribution < 1.29 is 9.47 Å². The van der Waals surface area contributed by atoms with E-state index in [4.69, 9.17) is 9.47 Å². The Hall–Kier alpha value is -0.0800. The minimum Gasteiger partial charge on any atom is -0.382 e. The summed E-state index contributed by atoms with van der Waals surface area (Å²) in [4.78, 5) is 0. The Labute approximate surface area is 69.9 Å². The average Bonchev–Trinajstić information content (AvgIpc) is 2.03. The summed E-state index contributed by atoms with van der Waals surface area (Å²) in [5.74, 6) is 0. The normalized spacial score (nSPS) is 10.4. The lowest BCUT2D eigenvalue weighted by molar-refractivity contribution is 0.130. The molecule has 0 fully saturated rings. The van der Waals surface area contributed by atoms with Gasteiger partial charge in [-0.25, -0.2) is 0 Å². The molecule has 0 heterocycles. The van der Waals surface area contributed by atoms with Gasteiger partial charge < -0.3 is 9.47 Å². The first-order valence-corrected chi connectivity index (χ1v) is 4.39. The van der Waals surface area contributed by atoms with Gasteiger partial charge in [0, 0.05) is 26.4 Å². The molecule has 0 bridgehead atoms. The van der Waals surface area contributed by atoms with E-state index in [0.29, 0.717) is 0 Å². The summed E-state index contributed by atoms with van der Waals surface area (Å²) in [6, 6.07) is 0. The summed E-state index contributed by atoms with van der Waals surface area (Å²) in [5.41, 5.74) is 0. The van der Waals surface area contributed by atoms with Crippen molar-refractivity contribution in [2.24, 2.45) is 0 Å². The van der Waals surface area contributed by atoms with Crippen molar-refractivity contribution in [1.29, 1.82) is 0 Å². The first-order valence-electron chi connectivity index (χ1n) is 4.39. The third kappa shape index (κ3) is 9.92. The molecule has 0 unspecified atom stereocenters. The summed E-state index contributed by atoms with van der Waals surface area (Å²) >= 11 is 0. The molecule has 0 aliphatic heterocycles. The van der Waals surface area contributed by atoms with Gasteiger partial charge in [-0.15, -0.1) is 0 Å². The maximum absolute atomic E-state index is 5.25. The van der Waals surface area contributed by atoms with Crippen LogP contribution in [0.2, 0.25) is 0 Å². The predicted molar refractivity (Wildman–Crippen MR) is 46.5 cm³/mol. The number of ether oxygens (including phenoxy) is 2. The predicted octanol–water partition coefficient (Wildman–Crippen LogP) is 2.04. The van der Waals surface area contributed by atoms with Gasteiger partial charge in [-0.3, -0.25) is 0 Å². The van der Waals surface area contributed by atoms with Crippen molar-refractivity contribution >= 4 is 0 Å². The number of hydrogen-bond donors (Lipinski definition) is 0. The monoisotopic (exact) mass is 159 g/mol. The second-order valence-corrected chi connectivity index (χ2v) is 2.35. The molecule has 0 saturated heterocycles. The molecule has 2 nitrogen and oxygen atoms in total. The van der Waals surface area contributed by atoms with Crippen LogP contribution >= 0.6 is 0 Å². The van der Waals surface area contributed by atoms with Gasteiger partial charge in [-0.1, -0.05) is 6.92 Å². The Morgan fingerprint density at radius 3 is 2.55 bits per heavy atom. The molecule has 0 spiro atoms. The highest BCUT2D eigenvalue weighted by molar-refractivity contribution is 4.61. The first kappa shape index (κ1) is 10.9. The summed E-state index contributed by atoms with van der Waals surface area (Å²) in [6.45, 7) is 7.38. The smallest absolute Gasteiger partial charge is 0.0498 e. The highest BCUT2D eigenvalue weighted by atomic mass is 16.5. The van der Waals surface area contributed by atoms with E-state index in [1.807, 2.05) is 6.92 Å². The van der Waals surface area contributed by atoms with E-state index in [1.165, 1.54) is 0 Å². The van der Waals surface area contributed by atoms with Gasteiger partial charge >= 0.3 is 0 Å². The van der Waals surface area contributed by atoms with Crippen molar-refractivity contribution in [3.8, 4) is 0 Å². The van der Waals surface area contributed by atoms with Gasteiger partial charge in [-0.05, 0) is 26.2 Å². The maximum Gasteiger partial charge on any atom is 0.0498 e. The van der Waals surface area contributed by atoms with Gasteiger partial charge in [0.2, 0.25) is 0 Å². The Balaban J connectivity index is 2.69. The van der Waals surface area contributed by atoms with Crippen LogP contribution in [0.1, 0.15) is 26.7 Å². The van der Waals surface area contributed by atoms with E-state index in [-0.39, 0.29) is 0 Å². The van der Waals surface area contributed by atoms with Gasteiger partial charge in [0.15, 0.2) is 0 Å². The third-order valence-electron chi connectivity index (χ3n) is 1.25. The van der Waals surface area contributed by atoms with Crippen LogP contribution in [0.3, 0.4) is 0 Å². The average molecular weight is 159 g/mol.